The van der Waals surface area contributed by atoms with Gasteiger partial charge in [-0.3, -0.25) is 20.0 Å². The first-order valence-corrected chi connectivity index (χ1v) is 8.89. The van der Waals surface area contributed by atoms with Gasteiger partial charge in [-0.25, -0.2) is 0 Å². The summed E-state index contributed by atoms with van der Waals surface area (Å²) < 4.78 is 5.97. The molecule has 1 unspecified atom stereocenters. The number of hydrogen-bond acceptors (Lipinski definition) is 6. The molecule has 1 saturated heterocycles. The van der Waals surface area contributed by atoms with E-state index >= 15 is 0 Å². The number of furan rings is 1. The van der Waals surface area contributed by atoms with Crippen LogP contribution in [0.1, 0.15) is 17.4 Å². The van der Waals surface area contributed by atoms with E-state index in [0.29, 0.717) is 17.9 Å². The van der Waals surface area contributed by atoms with Crippen LogP contribution in [0.5, 0.6) is 0 Å². The Morgan fingerprint density at radius 3 is 2.93 bits per heavy atom. The Labute approximate surface area is 156 Å². The average Bonchev–Trinajstić information content (AvgIpc) is 3.17. The molecule has 1 aromatic carbocycles. The van der Waals surface area contributed by atoms with Crippen LogP contribution in [0.2, 0.25) is 0 Å². The molecule has 27 heavy (non-hydrogen) atoms. The molecule has 0 amide bonds. The SMILES string of the molecule is O=[N+]([O-])c1ccccc1-c1ccc(CN2CCNCC2c2cccnc2)o1. The number of nitrogens with one attached hydrogen (secondary N) is 1. The van der Waals surface area contributed by atoms with Crippen molar-refractivity contribution in [3.8, 4) is 11.3 Å². The minimum Gasteiger partial charge on any atom is -0.459 e. The lowest BCUT2D eigenvalue weighted by molar-refractivity contribution is -0.384. The third kappa shape index (κ3) is 3.74. The lowest BCUT2D eigenvalue weighted by atomic mass is 10.1. The molecule has 0 spiro atoms. The Hall–Kier alpha value is -3.03. The fourth-order valence-electron chi connectivity index (χ4n) is 3.49. The molecule has 138 valence electrons. The predicted octanol–water partition coefficient (Wildman–Crippen LogP) is 3.40. The van der Waals surface area contributed by atoms with Gasteiger partial charge in [0.05, 0.1) is 17.0 Å². The van der Waals surface area contributed by atoms with Gasteiger partial charge in [0.25, 0.3) is 5.69 Å². The highest BCUT2D eigenvalue weighted by atomic mass is 16.6. The molecule has 0 bridgehead atoms. The summed E-state index contributed by atoms with van der Waals surface area (Å²) >= 11 is 0. The van der Waals surface area contributed by atoms with Crippen molar-refractivity contribution < 1.29 is 9.34 Å². The van der Waals surface area contributed by atoms with E-state index in [2.05, 4.69) is 21.3 Å². The molecule has 1 aliphatic heterocycles. The van der Waals surface area contributed by atoms with Crippen LogP contribution in [0.3, 0.4) is 0 Å². The minimum atomic E-state index is -0.383. The monoisotopic (exact) mass is 364 g/mol. The number of nitro benzene ring substituents is 1. The van der Waals surface area contributed by atoms with Crippen LogP contribution in [0.15, 0.2) is 65.3 Å². The van der Waals surface area contributed by atoms with Gasteiger partial charge >= 0.3 is 0 Å². The first-order valence-electron chi connectivity index (χ1n) is 8.89. The van der Waals surface area contributed by atoms with Gasteiger partial charge in [0.15, 0.2) is 0 Å². The highest BCUT2D eigenvalue weighted by Crippen LogP contribution is 2.32. The highest BCUT2D eigenvalue weighted by Gasteiger charge is 2.25. The van der Waals surface area contributed by atoms with Crippen molar-refractivity contribution >= 4 is 5.69 Å². The molecule has 1 N–H and O–H groups in total. The Kier molecular flexibility index (Phi) is 4.95. The molecule has 7 nitrogen and oxygen atoms in total. The quantitative estimate of drug-likeness (QED) is 0.552. The lowest BCUT2D eigenvalue weighted by Crippen LogP contribution is -2.45. The van der Waals surface area contributed by atoms with E-state index in [0.717, 1.165) is 31.0 Å². The van der Waals surface area contributed by atoms with Crippen molar-refractivity contribution in [2.24, 2.45) is 0 Å². The van der Waals surface area contributed by atoms with Crippen molar-refractivity contribution in [2.45, 2.75) is 12.6 Å². The Bertz CT molecular complexity index is 926. The molecule has 3 aromatic rings. The molecular weight excluding hydrogens is 344 g/mol. The molecule has 7 heteroatoms. The van der Waals surface area contributed by atoms with Gasteiger partial charge in [-0.1, -0.05) is 18.2 Å². The molecule has 0 saturated carbocycles. The number of para-hydroxylation sites is 1. The number of hydrogen-bond donors (Lipinski definition) is 1. The van der Waals surface area contributed by atoms with Crippen LogP contribution in [0, 0.1) is 10.1 Å². The molecule has 3 heterocycles. The van der Waals surface area contributed by atoms with Gasteiger partial charge in [0, 0.05) is 44.1 Å². The van der Waals surface area contributed by atoms with Crippen molar-refractivity contribution in [2.75, 3.05) is 19.6 Å². The summed E-state index contributed by atoms with van der Waals surface area (Å²) in [6.45, 7) is 3.29. The van der Waals surface area contributed by atoms with Gasteiger partial charge in [-0.2, -0.15) is 0 Å². The number of piperazine rings is 1. The second-order valence-electron chi connectivity index (χ2n) is 6.52. The van der Waals surface area contributed by atoms with Crippen molar-refractivity contribution in [1.82, 2.24) is 15.2 Å². The Morgan fingerprint density at radius 2 is 2.11 bits per heavy atom. The first-order chi connectivity index (χ1) is 13.2. The third-order valence-electron chi connectivity index (χ3n) is 4.81. The summed E-state index contributed by atoms with van der Waals surface area (Å²) in [7, 11) is 0. The maximum absolute atomic E-state index is 11.3. The summed E-state index contributed by atoms with van der Waals surface area (Å²) in [6, 6.07) is 14.6. The smallest absolute Gasteiger partial charge is 0.280 e. The van der Waals surface area contributed by atoms with Crippen molar-refractivity contribution in [1.29, 1.82) is 0 Å². The number of nitrogens with zero attached hydrogens (tertiary/aromatic N) is 3. The Balaban J connectivity index is 1.56. The van der Waals surface area contributed by atoms with E-state index in [9.17, 15) is 10.1 Å². The molecule has 0 radical (unpaired) electrons. The summed E-state index contributed by atoms with van der Waals surface area (Å²) in [5, 5.41) is 14.7. The molecular formula is C20H20N4O3. The van der Waals surface area contributed by atoms with Gasteiger partial charge in [-0.05, 0) is 29.8 Å². The largest absolute Gasteiger partial charge is 0.459 e. The fourth-order valence-corrected chi connectivity index (χ4v) is 3.49. The molecule has 1 aliphatic rings. The zero-order valence-corrected chi connectivity index (χ0v) is 14.7. The van der Waals surface area contributed by atoms with Crippen LogP contribution in [-0.2, 0) is 6.54 Å². The zero-order chi connectivity index (χ0) is 18.6. The van der Waals surface area contributed by atoms with Gasteiger partial charge in [0.1, 0.15) is 11.5 Å². The summed E-state index contributed by atoms with van der Waals surface area (Å²) in [5.41, 5.74) is 1.71. The Morgan fingerprint density at radius 1 is 1.22 bits per heavy atom. The van der Waals surface area contributed by atoms with E-state index < -0.39 is 0 Å². The molecule has 1 atom stereocenters. The van der Waals surface area contributed by atoms with Gasteiger partial charge < -0.3 is 9.73 Å². The lowest BCUT2D eigenvalue weighted by Gasteiger charge is -2.35. The maximum Gasteiger partial charge on any atom is 0.280 e. The maximum atomic E-state index is 11.3. The minimum absolute atomic E-state index is 0.0498. The summed E-state index contributed by atoms with van der Waals surface area (Å²) in [6.07, 6.45) is 3.67. The van der Waals surface area contributed by atoms with Crippen LogP contribution < -0.4 is 5.32 Å². The van der Waals surface area contributed by atoms with Crippen molar-refractivity contribution in [3.05, 3.63) is 82.4 Å². The highest BCUT2D eigenvalue weighted by molar-refractivity contribution is 5.69. The average molecular weight is 364 g/mol. The molecule has 2 aromatic heterocycles. The van der Waals surface area contributed by atoms with Gasteiger partial charge in [-0.15, -0.1) is 0 Å². The molecule has 0 aliphatic carbocycles. The van der Waals surface area contributed by atoms with E-state index in [1.807, 2.05) is 18.3 Å². The van der Waals surface area contributed by atoms with E-state index in [4.69, 9.17) is 4.42 Å². The second-order valence-corrected chi connectivity index (χ2v) is 6.52. The summed E-state index contributed by atoms with van der Waals surface area (Å²) in [4.78, 5) is 17.5. The topological polar surface area (TPSA) is 84.4 Å². The summed E-state index contributed by atoms with van der Waals surface area (Å²) in [5.74, 6) is 1.31. The van der Waals surface area contributed by atoms with Crippen LogP contribution in [0.25, 0.3) is 11.3 Å². The van der Waals surface area contributed by atoms with E-state index in [1.165, 1.54) is 6.07 Å². The number of rotatable bonds is 5. The molecule has 1 fully saturated rings. The van der Waals surface area contributed by atoms with Crippen LogP contribution >= 0.6 is 0 Å². The number of benzene rings is 1. The predicted molar refractivity (Wildman–Crippen MR) is 101 cm³/mol. The van der Waals surface area contributed by atoms with Gasteiger partial charge in [0.2, 0.25) is 0 Å². The standard InChI is InChI=1S/C20H20N4O3/c25-24(26)18-6-2-1-5-17(18)20-8-7-16(27-20)14-23-11-10-22-13-19(23)15-4-3-9-21-12-15/h1-9,12,19,22H,10-11,13-14H2. The second kappa shape index (κ2) is 7.69. The van der Waals surface area contributed by atoms with Crippen LogP contribution in [-0.4, -0.2) is 34.4 Å². The molecule has 4 rings (SSSR count). The number of aromatic nitrogens is 1. The normalized spacial score (nSPS) is 17.7. The van der Waals surface area contributed by atoms with Crippen molar-refractivity contribution in [3.63, 3.8) is 0 Å². The number of nitro groups is 1. The number of pyridine rings is 1. The fraction of sp³-hybridized carbons (Fsp3) is 0.250. The van der Waals surface area contributed by atoms with Crippen LogP contribution in [0.4, 0.5) is 5.69 Å². The zero-order valence-electron chi connectivity index (χ0n) is 14.7. The first kappa shape index (κ1) is 17.4. The van der Waals surface area contributed by atoms with E-state index in [-0.39, 0.29) is 16.7 Å². The van der Waals surface area contributed by atoms with E-state index in [1.54, 1.807) is 30.5 Å². The third-order valence-corrected chi connectivity index (χ3v) is 4.81.